The molecule has 1 aromatic heterocycles. The number of carbonyl (C=O) groups is 3. The molecule has 0 bridgehead atoms. The lowest BCUT2D eigenvalue weighted by molar-refractivity contribution is -0.120. The molecule has 0 unspecified atom stereocenters. The first kappa shape index (κ1) is 25.9. The molecule has 39 heavy (non-hydrogen) atoms. The molecule has 0 saturated carbocycles. The second kappa shape index (κ2) is 10.9. The Kier molecular flexibility index (Phi) is 7.25. The topological polar surface area (TPSA) is 101 Å². The minimum atomic E-state index is -0.441. The van der Waals surface area contributed by atoms with E-state index in [0.717, 1.165) is 16.0 Å². The van der Waals surface area contributed by atoms with Gasteiger partial charge in [0.05, 0.1) is 19.1 Å². The zero-order valence-corrected chi connectivity index (χ0v) is 22.3. The van der Waals surface area contributed by atoms with Crippen LogP contribution in [-0.4, -0.2) is 24.8 Å². The fourth-order valence-electron chi connectivity index (χ4n) is 3.96. The molecule has 3 aromatic carbocycles. The number of aryl methyl sites for hydroxylation is 2. The van der Waals surface area contributed by atoms with Crippen molar-refractivity contribution in [2.24, 2.45) is 0 Å². The minimum absolute atomic E-state index is 0.184. The van der Waals surface area contributed by atoms with Crippen LogP contribution in [0.15, 0.2) is 105 Å². The molecular weight excluding hydrogens is 514 g/mol. The van der Waals surface area contributed by atoms with Crippen LogP contribution in [0.4, 0.5) is 17.1 Å². The highest BCUT2D eigenvalue weighted by atomic mass is 32.2. The first-order valence-corrected chi connectivity index (χ1v) is 12.9. The van der Waals surface area contributed by atoms with Crippen molar-refractivity contribution in [3.05, 3.63) is 113 Å². The molecule has 1 aliphatic rings. The molecule has 2 N–H and O–H groups in total. The van der Waals surface area contributed by atoms with E-state index in [4.69, 9.17) is 9.15 Å². The molecule has 2 heterocycles. The summed E-state index contributed by atoms with van der Waals surface area (Å²) in [7, 11) is 1.58. The summed E-state index contributed by atoms with van der Waals surface area (Å²) in [6, 6.07) is 22.8. The highest BCUT2D eigenvalue weighted by molar-refractivity contribution is 8.04. The predicted molar refractivity (Wildman–Crippen MR) is 151 cm³/mol. The molecular formula is C30H25N3O5S. The number of methoxy groups -OCH3 is 1. The molecule has 8 nitrogen and oxygen atoms in total. The van der Waals surface area contributed by atoms with Crippen LogP contribution in [0.1, 0.15) is 21.7 Å². The van der Waals surface area contributed by atoms with E-state index >= 15 is 0 Å². The molecule has 3 amide bonds. The van der Waals surface area contributed by atoms with Crippen molar-refractivity contribution >= 4 is 46.5 Å². The van der Waals surface area contributed by atoms with Crippen LogP contribution in [0.2, 0.25) is 0 Å². The fourth-order valence-corrected chi connectivity index (χ4v) is 4.88. The van der Waals surface area contributed by atoms with E-state index in [1.165, 1.54) is 22.9 Å². The van der Waals surface area contributed by atoms with Crippen LogP contribution in [0, 0.1) is 13.8 Å². The van der Waals surface area contributed by atoms with Gasteiger partial charge in [0.15, 0.2) is 5.76 Å². The number of rotatable bonds is 8. The van der Waals surface area contributed by atoms with E-state index in [1.54, 1.807) is 73.8 Å². The number of ether oxygens (including phenoxy) is 1. The SMILES string of the molecule is COc1ccc(NC2=C(Sc3ccc(NC(=O)c4ccco4)cc3)C(=O)N(c3ccc(C)c(C)c3)C2=O)cc1. The number of nitrogens with one attached hydrogen (secondary N) is 2. The van der Waals surface area contributed by atoms with Gasteiger partial charge in [-0.1, -0.05) is 17.8 Å². The zero-order chi connectivity index (χ0) is 27.5. The van der Waals surface area contributed by atoms with Gasteiger partial charge in [-0.15, -0.1) is 0 Å². The van der Waals surface area contributed by atoms with Crippen LogP contribution < -0.4 is 20.3 Å². The summed E-state index contributed by atoms with van der Waals surface area (Å²) in [4.78, 5) is 41.7. The predicted octanol–water partition coefficient (Wildman–Crippen LogP) is 6.15. The number of thioether (sulfide) groups is 1. The van der Waals surface area contributed by atoms with Gasteiger partial charge in [0, 0.05) is 16.3 Å². The number of hydrogen-bond donors (Lipinski definition) is 2. The molecule has 0 aliphatic carbocycles. The van der Waals surface area contributed by atoms with Crippen LogP contribution in [0.5, 0.6) is 5.75 Å². The summed E-state index contributed by atoms with van der Waals surface area (Å²) in [6.45, 7) is 3.92. The first-order chi connectivity index (χ1) is 18.8. The Labute approximate surface area is 229 Å². The number of hydrogen-bond acceptors (Lipinski definition) is 7. The van der Waals surface area contributed by atoms with Gasteiger partial charge in [0.2, 0.25) is 0 Å². The van der Waals surface area contributed by atoms with Crippen LogP contribution in [-0.2, 0) is 9.59 Å². The average molecular weight is 540 g/mol. The van der Waals surface area contributed by atoms with Gasteiger partial charge >= 0.3 is 0 Å². The Morgan fingerprint density at radius 2 is 1.59 bits per heavy atom. The van der Waals surface area contributed by atoms with Crippen molar-refractivity contribution in [1.29, 1.82) is 0 Å². The van der Waals surface area contributed by atoms with Crippen LogP contribution >= 0.6 is 11.8 Å². The summed E-state index contributed by atoms with van der Waals surface area (Å²) >= 11 is 1.18. The van der Waals surface area contributed by atoms with Crippen molar-refractivity contribution < 1.29 is 23.5 Å². The normalized spacial score (nSPS) is 13.2. The maximum Gasteiger partial charge on any atom is 0.291 e. The van der Waals surface area contributed by atoms with Crippen molar-refractivity contribution in [1.82, 2.24) is 0 Å². The molecule has 4 aromatic rings. The third-order valence-corrected chi connectivity index (χ3v) is 7.32. The van der Waals surface area contributed by atoms with E-state index < -0.39 is 11.8 Å². The summed E-state index contributed by atoms with van der Waals surface area (Å²) < 4.78 is 10.3. The van der Waals surface area contributed by atoms with E-state index in [1.807, 2.05) is 26.0 Å². The number of carbonyl (C=O) groups excluding carboxylic acids is 3. The first-order valence-electron chi connectivity index (χ1n) is 12.1. The molecule has 0 spiro atoms. The van der Waals surface area contributed by atoms with Crippen molar-refractivity contribution in [3.8, 4) is 5.75 Å². The largest absolute Gasteiger partial charge is 0.497 e. The van der Waals surface area contributed by atoms with Crippen molar-refractivity contribution in [2.45, 2.75) is 18.7 Å². The second-order valence-electron chi connectivity index (χ2n) is 8.83. The Morgan fingerprint density at radius 3 is 2.23 bits per heavy atom. The molecule has 0 radical (unpaired) electrons. The summed E-state index contributed by atoms with van der Waals surface area (Å²) in [5, 5.41) is 5.91. The highest BCUT2D eigenvalue weighted by Gasteiger charge is 2.40. The second-order valence-corrected chi connectivity index (χ2v) is 9.91. The standard InChI is InChI=1S/C30H25N3O5S/c1-18-6-11-22(17-19(18)2)33-29(35)26(31-20-7-12-23(37-3)13-8-20)27(30(33)36)39-24-14-9-21(10-15-24)32-28(34)25-5-4-16-38-25/h4-17,31H,1-3H3,(H,32,34). The molecule has 9 heteroatoms. The van der Waals surface area contributed by atoms with Crippen molar-refractivity contribution in [2.75, 3.05) is 22.6 Å². The van der Waals surface area contributed by atoms with E-state index in [9.17, 15) is 14.4 Å². The van der Waals surface area contributed by atoms with Crippen LogP contribution in [0.3, 0.4) is 0 Å². The number of benzene rings is 3. The summed E-state index contributed by atoms with van der Waals surface area (Å²) in [6.07, 6.45) is 1.43. The minimum Gasteiger partial charge on any atom is -0.497 e. The number of anilines is 3. The molecule has 5 rings (SSSR count). The van der Waals surface area contributed by atoms with Gasteiger partial charge in [-0.2, -0.15) is 0 Å². The maximum atomic E-state index is 13.7. The van der Waals surface area contributed by atoms with Gasteiger partial charge in [-0.05, 0) is 97.8 Å². The van der Waals surface area contributed by atoms with E-state index in [0.29, 0.717) is 22.8 Å². The summed E-state index contributed by atoms with van der Waals surface area (Å²) in [5.74, 6) is -0.346. The highest BCUT2D eigenvalue weighted by Crippen LogP contribution is 2.38. The third-order valence-electron chi connectivity index (χ3n) is 6.23. The van der Waals surface area contributed by atoms with E-state index in [2.05, 4.69) is 10.6 Å². The number of imide groups is 1. The van der Waals surface area contributed by atoms with Crippen molar-refractivity contribution in [3.63, 3.8) is 0 Å². The Balaban J connectivity index is 1.43. The van der Waals surface area contributed by atoms with Gasteiger partial charge in [-0.25, -0.2) is 4.90 Å². The average Bonchev–Trinajstić information content (AvgIpc) is 3.56. The zero-order valence-electron chi connectivity index (χ0n) is 21.5. The molecule has 0 saturated heterocycles. The lowest BCUT2D eigenvalue weighted by Gasteiger charge is -2.16. The smallest absolute Gasteiger partial charge is 0.291 e. The van der Waals surface area contributed by atoms with Gasteiger partial charge in [-0.3, -0.25) is 14.4 Å². The van der Waals surface area contributed by atoms with Gasteiger partial charge < -0.3 is 19.8 Å². The lowest BCUT2D eigenvalue weighted by Crippen LogP contribution is -2.32. The summed E-state index contributed by atoms with van der Waals surface area (Å²) in [5.41, 5.74) is 3.94. The van der Waals surface area contributed by atoms with Crippen LogP contribution in [0.25, 0.3) is 0 Å². The monoisotopic (exact) mass is 539 g/mol. The fraction of sp³-hybridized carbons (Fsp3) is 0.100. The molecule has 0 atom stereocenters. The van der Waals surface area contributed by atoms with Gasteiger partial charge in [0.25, 0.3) is 17.7 Å². The molecule has 196 valence electrons. The Hall–Kier alpha value is -4.76. The quantitative estimate of drug-likeness (QED) is 0.259. The molecule has 0 fully saturated rings. The lowest BCUT2D eigenvalue weighted by atomic mass is 10.1. The number of nitrogens with zero attached hydrogens (tertiary/aromatic N) is 1. The third kappa shape index (κ3) is 5.44. The van der Waals surface area contributed by atoms with E-state index in [-0.39, 0.29) is 22.3 Å². The van der Waals surface area contributed by atoms with Gasteiger partial charge in [0.1, 0.15) is 16.4 Å². The number of amides is 3. The molecule has 1 aliphatic heterocycles. The maximum absolute atomic E-state index is 13.7. The Bertz CT molecular complexity index is 1580. The number of furan rings is 1. The Morgan fingerprint density at radius 1 is 0.872 bits per heavy atom.